The Labute approximate surface area is 112 Å². The molecule has 0 unspecified atom stereocenters. The normalized spacial score (nSPS) is 11.1. The molecule has 0 aliphatic heterocycles. The maximum atomic E-state index is 4.74. The number of nitrogens with zero attached hydrogens (tertiary/aromatic N) is 2. The molecule has 0 fully saturated rings. The van der Waals surface area contributed by atoms with Gasteiger partial charge in [0.25, 0.3) is 0 Å². The monoisotopic (exact) mass is 249 g/mol. The number of hydrogen-bond acceptors (Lipinski definition) is 3. The van der Waals surface area contributed by atoms with Gasteiger partial charge in [0.15, 0.2) is 0 Å². The van der Waals surface area contributed by atoms with Crippen LogP contribution in [0.2, 0.25) is 0 Å². The van der Waals surface area contributed by atoms with Crippen molar-refractivity contribution in [3.8, 4) is 0 Å². The first-order chi connectivity index (χ1) is 8.49. The summed E-state index contributed by atoms with van der Waals surface area (Å²) < 4.78 is 0. The number of pyridine rings is 1. The molecule has 1 N–H and O–H groups in total. The summed E-state index contributed by atoms with van der Waals surface area (Å²) in [5.41, 5.74) is 3.76. The van der Waals surface area contributed by atoms with Crippen LogP contribution in [0.1, 0.15) is 44.5 Å². The molecule has 0 aliphatic carbocycles. The zero-order valence-corrected chi connectivity index (χ0v) is 12.7. The highest BCUT2D eigenvalue weighted by Crippen LogP contribution is 2.22. The van der Waals surface area contributed by atoms with Crippen molar-refractivity contribution in [3.05, 3.63) is 22.9 Å². The molecule has 1 heterocycles. The van der Waals surface area contributed by atoms with Crippen LogP contribution in [-0.2, 0) is 6.54 Å². The Morgan fingerprint density at radius 3 is 2.33 bits per heavy atom. The van der Waals surface area contributed by atoms with Crippen molar-refractivity contribution >= 4 is 5.82 Å². The van der Waals surface area contributed by atoms with Crippen LogP contribution in [-0.4, -0.2) is 24.1 Å². The second kappa shape index (κ2) is 6.74. The fourth-order valence-electron chi connectivity index (χ4n) is 2.15. The van der Waals surface area contributed by atoms with E-state index < -0.39 is 0 Å². The van der Waals surface area contributed by atoms with E-state index in [0.29, 0.717) is 6.04 Å². The fraction of sp³-hybridized carbons (Fsp3) is 0.667. The van der Waals surface area contributed by atoms with E-state index in [4.69, 9.17) is 4.98 Å². The number of aromatic nitrogens is 1. The molecular weight excluding hydrogens is 222 g/mol. The lowest BCUT2D eigenvalue weighted by atomic mass is 10.1. The van der Waals surface area contributed by atoms with Crippen molar-refractivity contribution in [1.82, 2.24) is 10.3 Å². The summed E-state index contributed by atoms with van der Waals surface area (Å²) in [5.74, 6) is 1.14. The van der Waals surface area contributed by atoms with Gasteiger partial charge < -0.3 is 10.2 Å². The van der Waals surface area contributed by atoms with Crippen LogP contribution in [0, 0.1) is 13.8 Å². The first-order valence-corrected chi connectivity index (χ1v) is 6.95. The molecular formula is C15H27N3. The molecule has 1 aromatic heterocycles. The largest absolute Gasteiger partial charge is 0.357 e. The second-order valence-corrected chi connectivity index (χ2v) is 5.09. The Balaban J connectivity index is 3.11. The minimum Gasteiger partial charge on any atom is -0.357 e. The van der Waals surface area contributed by atoms with E-state index in [1.807, 2.05) is 0 Å². The molecule has 1 aromatic rings. The molecule has 0 bridgehead atoms. The third-order valence-corrected chi connectivity index (χ3v) is 3.20. The second-order valence-electron chi connectivity index (χ2n) is 5.09. The Morgan fingerprint density at radius 1 is 1.22 bits per heavy atom. The van der Waals surface area contributed by atoms with E-state index in [1.165, 1.54) is 11.1 Å². The first kappa shape index (κ1) is 15.0. The maximum absolute atomic E-state index is 4.74. The van der Waals surface area contributed by atoms with E-state index >= 15 is 0 Å². The molecule has 0 aromatic carbocycles. The highest BCUT2D eigenvalue weighted by molar-refractivity contribution is 5.51. The van der Waals surface area contributed by atoms with Crippen molar-refractivity contribution in [1.29, 1.82) is 0 Å². The summed E-state index contributed by atoms with van der Waals surface area (Å²) in [5, 5.41) is 3.50. The number of aryl methyl sites for hydroxylation is 2. The standard InChI is InChI=1S/C15H27N3/c1-7-18(8-2)15-14(10-16-11(3)4)12(5)9-13(6)17-15/h9,11,16H,7-8,10H2,1-6H3. The van der Waals surface area contributed by atoms with Gasteiger partial charge in [0, 0.05) is 36.9 Å². The smallest absolute Gasteiger partial charge is 0.133 e. The number of rotatable bonds is 6. The van der Waals surface area contributed by atoms with E-state index in [9.17, 15) is 0 Å². The van der Waals surface area contributed by atoms with Gasteiger partial charge in [-0.2, -0.15) is 0 Å². The van der Waals surface area contributed by atoms with Crippen LogP contribution in [0.15, 0.2) is 6.07 Å². The number of nitrogens with one attached hydrogen (secondary N) is 1. The average Bonchev–Trinajstić information content (AvgIpc) is 2.28. The van der Waals surface area contributed by atoms with Gasteiger partial charge in [0.1, 0.15) is 5.82 Å². The molecule has 102 valence electrons. The Bertz CT molecular complexity index is 382. The predicted octanol–water partition coefficient (Wildman–Crippen LogP) is 3.04. The quantitative estimate of drug-likeness (QED) is 0.840. The van der Waals surface area contributed by atoms with E-state index in [1.54, 1.807) is 0 Å². The highest BCUT2D eigenvalue weighted by Gasteiger charge is 2.13. The summed E-state index contributed by atoms with van der Waals surface area (Å²) in [6.45, 7) is 15.9. The SMILES string of the molecule is CCN(CC)c1nc(C)cc(C)c1CNC(C)C. The first-order valence-electron chi connectivity index (χ1n) is 6.95. The topological polar surface area (TPSA) is 28.2 Å². The minimum absolute atomic E-state index is 0.496. The summed E-state index contributed by atoms with van der Waals surface area (Å²) in [6.07, 6.45) is 0. The summed E-state index contributed by atoms with van der Waals surface area (Å²) in [4.78, 5) is 7.07. The van der Waals surface area contributed by atoms with Crippen molar-refractivity contribution in [2.45, 2.75) is 54.1 Å². The third kappa shape index (κ3) is 3.70. The van der Waals surface area contributed by atoms with Crippen LogP contribution in [0.4, 0.5) is 5.82 Å². The summed E-state index contributed by atoms with van der Waals surface area (Å²) in [7, 11) is 0. The van der Waals surface area contributed by atoms with Crippen molar-refractivity contribution < 1.29 is 0 Å². The van der Waals surface area contributed by atoms with Gasteiger partial charge in [-0.15, -0.1) is 0 Å². The highest BCUT2D eigenvalue weighted by atomic mass is 15.2. The summed E-state index contributed by atoms with van der Waals surface area (Å²) >= 11 is 0. The van der Waals surface area contributed by atoms with Gasteiger partial charge in [-0.3, -0.25) is 0 Å². The van der Waals surface area contributed by atoms with Crippen molar-refractivity contribution in [2.75, 3.05) is 18.0 Å². The Hall–Kier alpha value is -1.09. The van der Waals surface area contributed by atoms with Gasteiger partial charge in [0.05, 0.1) is 0 Å². The average molecular weight is 249 g/mol. The Morgan fingerprint density at radius 2 is 1.83 bits per heavy atom. The third-order valence-electron chi connectivity index (χ3n) is 3.20. The zero-order chi connectivity index (χ0) is 13.7. The van der Waals surface area contributed by atoms with Gasteiger partial charge in [-0.1, -0.05) is 13.8 Å². The van der Waals surface area contributed by atoms with Gasteiger partial charge in [-0.05, 0) is 39.3 Å². The van der Waals surface area contributed by atoms with Crippen LogP contribution >= 0.6 is 0 Å². The molecule has 0 spiro atoms. The lowest BCUT2D eigenvalue weighted by Crippen LogP contribution is -2.28. The molecule has 1 rings (SSSR count). The van der Waals surface area contributed by atoms with Crippen LogP contribution in [0.5, 0.6) is 0 Å². The van der Waals surface area contributed by atoms with Crippen molar-refractivity contribution in [3.63, 3.8) is 0 Å². The van der Waals surface area contributed by atoms with Crippen LogP contribution < -0.4 is 10.2 Å². The van der Waals surface area contributed by atoms with Crippen molar-refractivity contribution in [2.24, 2.45) is 0 Å². The van der Waals surface area contributed by atoms with Crippen LogP contribution in [0.3, 0.4) is 0 Å². The lowest BCUT2D eigenvalue weighted by Gasteiger charge is -2.25. The lowest BCUT2D eigenvalue weighted by molar-refractivity contribution is 0.585. The van der Waals surface area contributed by atoms with Gasteiger partial charge >= 0.3 is 0 Å². The number of anilines is 1. The minimum atomic E-state index is 0.496. The fourth-order valence-corrected chi connectivity index (χ4v) is 2.15. The molecule has 0 amide bonds. The van der Waals surface area contributed by atoms with E-state index in [2.05, 4.69) is 57.8 Å². The number of hydrogen-bond donors (Lipinski definition) is 1. The Kier molecular flexibility index (Phi) is 5.60. The predicted molar refractivity (Wildman–Crippen MR) is 79.2 cm³/mol. The van der Waals surface area contributed by atoms with Gasteiger partial charge in [0.2, 0.25) is 0 Å². The molecule has 0 saturated carbocycles. The summed E-state index contributed by atoms with van der Waals surface area (Å²) in [6, 6.07) is 2.67. The molecule has 0 aliphatic rings. The zero-order valence-electron chi connectivity index (χ0n) is 12.7. The molecule has 3 nitrogen and oxygen atoms in total. The van der Waals surface area contributed by atoms with E-state index in [-0.39, 0.29) is 0 Å². The van der Waals surface area contributed by atoms with Gasteiger partial charge in [-0.25, -0.2) is 4.98 Å². The molecule has 0 saturated heterocycles. The molecule has 0 radical (unpaired) electrons. The van der Waals surface area contributed by atoms with Crippen LogP contribution in [0.25, 0.3) is 0 Å². The molecule has 0 atom stereocenters. The maximum Gasteiger partial charge on any atom is 0.133 e. The van der Waals surface area contributed by atoms with E-state index in [0.717, 1.165) is 31.1 Å². The molecule has 18 heavy (non-hydrogen) atoms. The molecule has 3 heteroatoms.